The van der Waals surface area contributed by atoms with Gasteiger partial charge in [-0.25, -0.2) is 0 Å². The van der Waals surface area contributed by atoms with Gasteiger partial charge in [0.2, 0.25) is 0 Å². The molecule has 1 N–H and O–H groups in total. The number of rotatable bonds is 1. The molecular formula is C5H8F3N2O+. The van der Waals surface area contributed by atoms with Gasteiger partial charge in [-0.05, 0) is 0 Å². The second kappa shape index (κ2) is 2.69. The predicted molar refractivity (Wildman–Crippen MR) is 30.3 cm³/mol. The van der Waals surface area contributed by atoms with Crippen LogP contribution in [0.2, 0.25) is 0 Å². The van der Waals surface area contributed by atoms with Crippen molar-refractivity contribution in [3.63, 3.8) is 0 Å². The van der Waals surface area contributed by atoms with Crippen molar-refractivity contribution in [1.29, 1.82) is 0 Å². The molecule has 0 amide bonds. The maximum atomic E-state index is 11.6. The number of hydrazine groups is 1. The summed E-state index contributed by atoms with van der Waals surface area (Å²) in [6.45, 7) is 0. The Morgan fingerprint density at radius 2 is 2.27 bits per heavy atom. The van der Waals surface area contributed by atoms with Crippen LogP contribution in [0.4, 0.5) is 13.2 Å². The summed E-state index contributed by atoms with van der Waals surface area (Å²) in [6, 6.07) is 0. The van der Waals surface area contributed by atoms with Crippen molar-refractivity contribution in [3.05, 3.63) is 0 Å². The fourth-order valence-corrected chi connectivity index (χ4v) is 0.820. The molecule has 64 valence electrons. The van der Waals surface area contributed by atoms with Crippen LogP contribution in [0.5, 0.6) is 0 Å². The predicted octanol–water partition coefficient (Wildman–Crippen LogP) is -0.749. The summed E-state index contributed by atoms with van der Waals surface area (Å²) in [4.78, 5) is 0. The summed E-state index contributed by atoms with van der Waals surface area (Å²) >= 11 is 0. The molecule has 0 aromatic carbocycles. The minimum atomic E-state index is -4.56. The molecule has 6 heteroatoms. The van der Waals surface area contributed by atoms with Crippen LogP contribution in [0.15, 0.2) is 0 Å². The second-order valence-corrected chi connectivity index (χ2v) is 2.20. The van der Waals surface area contributed by atoms with E-state index in [1.54, 1.807) is 0 Å². The number of hydrazone groups is 1. The first-order valence-electron chi connectivity index (χ1n) is 3.04. The minimum absolute atomic E-state index is 0.232. The Hall–Kier alpha value is -0.780. The quantitative estimate of drug-likeness (QED) is 0.559. The van der Waals surface area contributed by atoms with Gasteiger partial charge in [0, 0.05) is 0 Å². The summed E-state index contributed by atoms with van der Waals surface area (Å²) in [5.41, 5.74) is 0. The van der Waals surface area contributed by atoms with Gasteiger partial charge in [-0.1, -0.05) is 0 Å². The molecular weight excluding hydrogens is 161 g/mol. The smallest absolute Gasteiger partial charge is 0.262 e. The minimum Gasteiger partial charge on any atom is -0.262 e. The summed E-state index contributed by atoms with van der Waals surface area (Å²) < 4.78 is 38.5. The normalized spacial score (nSPS) is 24.7. The highest BCUT2D eigenvalue weighted by atomic mass is 19.4. The Bertz CT molecular complexity index is 168. The van der Waals surface area contributed by atoms with Crippen LogP contribution < -0.4 is 5.10 Å². The Labute approximate surface area is 61.4 Å². The van der Waals surface area contributed by atoms with Crippen molar-refractivity contribution >= 4 is 6.21 Å². The van der Waals surface area contributed by atoms with Crippen molar-refractivity contribution in [3.8, 4) is 0 Å². The number of alkyl halides is 3. The zero-order chi connectivity index (χ0) is 8.48. The van der Waals surface area contributed by atoms with E-state index in [-0.39, 0.29) is 6.42 Å². The van der Waals surface area contributed by atoms with E-state index >= 15 is 0 Å². The van der Waals surface area contributed by atoms with Crippen molar-refractivity contribution < 1.29 is 23.0 Å². The zero-order valence-electron chi connectivity index (χ0n) is 5.85. The number of ether oxygens (including phenoxy) is 1. The Balaban J connectivity index is 2.40. The molecule has 3 nitrogen and oxygen atoms in total. The Kier molecular flexibility index (Phi) is 2.03. The van der Waals surface area contributed by atoms with Crippen LogP contribution in [-0.2, 0) is 4.74 Å². The van der Waals surface area contributed by atoms with Crippen molar-refractivity contribution in [2.45, 2.75) is 19.0 Å². The van der Waals surface area contributed by atoms with E-state index in [4.69, 9.17) is 0 Å². The fraction of sp³-hybridized carbons (Fsp3) is 0.800. The summed E-state index contributed by atoms with van der Waals surface area (Å²) in [6.07, 6.45) is -3.75. The number of nitrogens with zero attached hydrogens (tertiary/aromatic N) is 1. The molecule has 0 saturated heterocycles. The number of halogens is 3. The maximum Gasteiger partial charge on any atom is 0.524 e. The van der Waals surface area contributed by atoms with Crippen LogP contribution in [-0.4, -0.2) is 30.9 Å². The van der Waals surface area contributed by atoms with Gasteiger partial charge in [0.05, 0.1) is 13.5 Å². The molecule has 0 saturated carbocycles. The van der Waals surface area contributed by atoms with Gasteiger partial charge in [0.25, 0.3) is 0 Å². The van der Waals surface area contributed by atoms with E-state index < -0.39 is 12.6 Å². The topological polar surface area (TPSA) is 26.4 Å². The van der Waals surface area contributed by atoms with Crippen molar-refractivity contribution in [2.24, 2.45) is 0 Å². The highest BCUT2D eigenvalue weighted by Gasteiger charge is 2.38. The zero-order valence-corrected chi connectivity index (χ0v) is 5.85. The van der Waals surface area contributed by atoms with Crippen LogP contribution >= 0.6 is 0 Å². The van der Waals surface area contributed by atoms with Crippen LogP contribution in [0.3, 0.4) is 0 Å². The third-order valence-electron chi connectivity index (χ3n) is 1.32. The highest BCUT2D eigenvalue weighted by molar-refractivity contribution is 5.51. The lowest BCUT2D eigenvalue weighted by atomic mass is 10.4. The van der Waals surface area contributed by atoms with E-state index in [0.717, 1.165) is 0 Å². The average Bonchev–Trinajstić information content (AvgIpc) is 2.12. The van der Waals surface area contributed by atoms with Crippen LogP contribution in [0.25, 0.3) is 0 Å². The number of nitrogens with one attached hydrogen (secondary N) is 1. The summed E-state index contributed by atoms with van der Waals surface area (Å²) in [7, 11) is 1.49. The van der Waals surface area contributed by atoms with Gasteiger partial charge < -0.3 is 0 Å². The van der Waals surface area contributed by atoms with E-state index in [2.05, 4.69) is 9.84 Å². The first kappa shape index (κ1) is 8.32. The first-order chi connectivity index (χ1) is 4.99. The third kappa shape index (κ3) is 2.38. The van der Waals surface area contributed by atoms with Gasteiger partial charge >= 0.3 is 6.36 Å². The standard InChI is InChI=1S/C5H7F3N2O/c1-10-4(2-3-9-10)11-5(6,7)8/h3-4H,2H2,1H3/p+1. The molecule has 1 rings (SSSR count). The molecule has 0 aromatic heterocycles. The van der Waals surface area contributed by atoms with Gasteiger partial charge in [-0.2, -0.15) is 5.01 Å². The molecule has 0 spiro atoms. The monoisotopic (exact) mass is 169 g/mol. The molecule has 1 aliphatic rings. The van der Waals surface area contributed by atoms with Gasteiger partial charge in [0.1, 0.15) is 0 Å². The lowest BCUT2D eigenvalue weighted by Crippen LogP contribution is -2.78. The SMILES string of the molecule is CN1[NH+]=CCC1OC(F)(F)F. The highest BCUT2D eigenvalue weighted by Crippen LogP contribution is 2.20. The van der Waals surface area contributed by atoms with Crippen LogP contribution in [0.1, 0.15) is 6.42 Å². The molecule has 0 radical (unpaired) electrons. The van der Waals surface area contributed by atoms with E-state index in [1.165, 1.54) is 18.3 Å². The van der Waals surface area contributed by atoms with E-state index in [1.807, 2.05) is 0 Å². The Morgan fingerprint density at radius 3 is 2.64 bits per heavy atom. The number of hydrogen-bond acceptors (Lipinski definition) is 2. The van der Waals surface area contributed by atoms with Crippen molar-refractivity contribution in [1.82, 2.24) is 5.01 Å². The molecule has 1 heterocycles. The summed E-state index contributed by atoms with van der Waals surface area (Å²) in [5.74, 6) is 0. The largest absolute Gasteiger partial charge is 0.524 e. The molecule has 0 aromatic rings. The van der Waals surface area contributed by atoms with Crippen molar-refractivity contribution in [2.75, 3.05) is 7.05 Å². The maximum absolute atomic E-state index is 11.6. The van der Waals surface area contributed by atoms with E-state index in [9.17, 15) is 13.2 Å². The molecule has 11 heavy (non-hydrogen) atoms. The van der Waals surface area contributed by atoms with Gasteiger partial charge in [0.15, 0.2) is 12.4 Å². The summed E-state index contributed by atoms with van der Waals surface area (Å²) in [5, 5.41) is 3.83. The molecule has 1 unspecified atom stereocenters. The first-order valence-corrected chi connectivity index (χ1v) is 3.04. The molecule has 0 aliphatic carbocycles. The number of hydrogen-bond donors (Lipinski definition) is 1. The fourth-order valence-electron chi connectivity index (χ4n) is 0.820. The molecule has 0 bridgehead atoms. The average molecular weight is 169 g/mol. The lowest BCUT2D eigenvalue weighted by molar-refractivity contribution is -0.649. The van der Waals surface area contributed by atoms with Crippen LogP contribution in [0, 0.1) is 0 Å². The lowest BCUT2D eigenvalue weighted by Gasteiger charge is -2.16. The third-order valence-corrected chi connectivity index (χ3v) is 1.32. The molecule has 1 atom stereocenters. The Morgan fingerprint density at radius 1 is 1.64 bits per heavy atom. The van der Waals surface area contributed by atoms with Gasteiger partial charge in [-0.15, -0.1) is 18.3 Å². The van der Waals surface area contributed by atoms with Gasteiger partial charge in [-0.3, -0.25) is 4.74 Å². The second-order valence-electron chi connectivity index (χ2n) is 2.20. The van der Waals surface area contributed by atoms with E-state index in [0.29, 0.717) is 0 Å². The molecule has 0 fully saturated rings. The molecule has 1 aliphatic heterocycles.